The molecule has 0 unspecified atom stereocenters. The van der Waals surface area contributed by atoms with Crippen LogP contribution in [0, 0.1) is 0 Å². The first-order valence-corrected chi connectivity index (χ1v) is 17.0. The molecule has 0 bridgehead atoms. The topological polar surface area (TPSA) is 74.6 Å². The molecule has 4 nitrogen and oxygen atoms in total. The van der Waals surface area contributed by atoms with Crippen molar-refractivity contribution in [3.8, 4) is 0 Å². The molecule has 232 valence electrons. The molecule has 0 amide bonds. The second-order valence-corrected chi connectivity index (χ2v) is 11.6. The Hall–Kier alpha value is -1.84. The third-order valence-electron chi connectivity index (χ3n) is 7.60. The number of carbonyl (C=O) groups is 2. The highest BCUT2D eigenvalue weighted by Crippen LogP contribution is 2.18. The summed E-state index contributed by atoms with van der Waals surface area (Å²) in [4.78, 5) is 21.0. The lowest BCUT2D eigenvalue weighted by Crippen LogP contribution is -1.93. The monoisotopic (exact) mass is 560 g/mol. The van der Waals surface area contributed by atoms with Crippen LogP contribution in [-0.4, -0.2) is 22.2 Å². The molecule has 0 heterocycles. The Morgan fingerprint density at radius 3 is 1.27 bits per heavy atom. The van der Waals surface area contributed by atoms with Gasteiger partial charge in [-0.1, -0.05) is 120 Å². The minimum Gasteiger partial charge on any atom is -0.481 e. The van der Waals surface area contributed by atoms with E-state index >= 15 is 0 Å². The molecule has 0 fully saturated rings. The second kappa shape index (κ2) is 31.7. The van der Waals surface area contributed by atoms with Gasteiger partial charge in [0.25, 0.3) is 0 Å². The molecule has 0 aliphatic carbocycles. The van der Waals surface area contributed by atoms with Gasteiger partial charge in [0.15, 0.2) is 0 Å². The van der Waals surface area contributed by atoms with E-state index in [0.29, 0.717) is 12.8 Å². The molecule has 0 rings (SSSR count). The summed E-state index contributed by atoms with van der Waals surface area (Å²) in [6.45, 7) is 2.27. The zero-order valence-electron chi connectivity index (χ0n) is 26.2. The van der Waals surface area contributed by atoms with Crippen LogP contribution in [-0.2, 0) is 9.59 Å². The minimum atomic E-state index is -0.673. The van der Waals surface area contributed by atoms with Crippen LogP contribution in [0.3, 0.4) is 0 Å². The molecular weight excluding hydrogens is 496 g/mol. The second-order valence-electron chi connectivity index (χ2n) is 11.6. The lowest BCUT2D eigenvalue weighted by atomic mass is 10.00. The maximum Gasteiger partial charge on any atom is 0.303 e. The Labute approximate surface area is 247 Å². The number of hydrogen-bond acceptors (Lipinski definition) is 2. The Kier molecular flexibility index (Phi) is 30.2. The normalized spacial score (nSPS) is 12.2. The van der Waals surface area contributed by atoms with Gasteiger partial charge in [0, 0.05) is 12.8 Å². The van der Waals surface area contributed by atoms with E-state index in [2.05, 4.69) is 37.3 Å². The fourth-order valence-corrected chi connectivity index (χ4v) is 5.04. The van der Waals surface area contributed by atoms with E-state index in [1.807, 2.05) is 0 Å². The molecule has 40 heavy (non-hydrogen) atoms. The fraction of sp³-hybridized carbons (Fsp3) is 0.778. The summed E-state index contributed by atoms with van der Waals surface area (Å²) in [7, 11) is 0. The average Bonchev–Trinajstić information content (AvgIpc) is 2.92. The molecule has 0 aromatic carbocycles. The van der Waals surface area contributed by atoms with Gasteiger partial charge in [0.2, 0.25) is 0 Å². The summed E-state index contributed by atoms with van der Waals surface area (Å²) in [6.07, 6.45) is 42.6. The van der Waals surface area contributed by atoms with Crippen molar-refractivity contribution in [2.24, 2.45) is 0 Å². The van der Waals surface area contributed by atoms with E-state index in [0.717, 1.165) is 51.4 Å². The van der Waals surface area contributed by atoms with Crippen molar-refractivity contribution >= 4 is 11.9 Å². The first-order valence-electron chi connectivity index (χ1n) is 17.0. The zero-order chi connectivity index (χ0) is 29.4. The molecule has 2 N–H and O–H groups in total. The van der Waals surface area contributed by atoms with Gasteiger partial charge in [0.05, 0.1) is 0 Å². The predicted octanol–water partition coefficient (Wildman–Crippen LogP) is 11.7. The maximum absolute atomic E-state index is 10.6. The predicted molar refractivity (Wildman–Crippen MR) is 172 cm³/mol. The van der Waals surface area contributed by atoms with Crippen LogP contribution in [0.2, 0.25) is 0 Å². The van der Waals surface area contributed by atoms with E-state index in [1.54, 1.807) is 5.57 Å². The smallest absolute Gasteiger partial charge is 0.303 e. The van der Waals surface area contributed by atoms with Gasteiger partial charge < -0.3 is 10.2 Å². The molecule has 0 spiro atoms. The maximum atomic E-state index is 10.6. The van der Waals surface area contributed by atoms with Crippen LogP contribution >= 0.6 is 0 Å². The highest BCUT2D eigenvalue weighted by molar-refractivity contribution is 5.66. The minimum absolute atomic E-state index is 0.313. The zero-order valence-corrected chi connectivity index (χ0v) is 26.2. The van der Waals surface area contributed by atoms with Crippen LogP contribution in [0.15, 0.2) is 36.0 Å². The number of aliphatic carboxylic acids is 2. The number of rotatable bonds is 31. The molecule has 0 aliphatic heterocycles. The van der Waals surface area contributed by atoms with Gasteiger partial charge in [-0.25, -0.2) is 0 Å². The number of hydrogen-bond donors (Lipinski definition) is 2. The standard InChI is InChI=1S/C36H64O4/c1-2-3-4-24-29-34(31-26-21-17-14-15-19-23-28-33-36(39)40)30-25-20-16-12-10-8-6-5-7-9-11-13-18-22-27-32-35(37)38/h5,7,21,26,29H,2-4,6,8-20,22-25,27-28,30-33H2,1H3,(H,37,38)(H,39,40). The van der Waals surface area contributed by atoms with Gasteiger partial charge in [-0.3, -0.25) is 9.59 Å². The van der Waals surface area contributed by atoms with Crippen molar-refractivity contribution in [1.82, 2.24) is 0 Å². The number of allylic oxidation sites excluding steroid dienone is 6. The lowest BCUT2D eigenvalue weighted by Gasteiger charge is -2.06. The first-order chi connectivity index (χ1) is 19.6. The van der Waals surface area contributed by atoms with Gasteiger partial charge in [-0.2, -0.15) is 0 Å². The Morgan fingerprint density at radius 2 is 0.825 bits per heavy atom. The van der Waals surface area contributed by atoms with Crippen molar-refractivity contribution in [2.45, 2.75) is 180 Å². The molecular formula is C36H64O4. The number of unbranched alkanes of at least 4 members (excludes halogenated alkanes) is 19. The van der Waals surface area contributed by atoms with Crippen molar-refractivity contribution in [1.29, 1.82) is 0 Å². The first kappa shape index (κ1) is 38.2. The van der Waals surface area contributed by atoms with Crippen molar-refractivity contribution in [3.05, 3.63) is 36.0 Å². The van der Waals surface area contributed by atoms with Crippen molar-refractivity contribution in [3.63, 3.8) is 0 Å². The van der Waals surface area contributed by atoms with Gasteiger partial charge in [0.1, 0.15) is 0 Å². The average molecular weight is 561 g/mol. The molecule has 0 atom stereocenters. The van der Waals surface area contributed by atoms with Crippen LogP contribution in [0.25, 0.3) is 0 Å². The Bertz CT molecular complexity index is 662. The van der Waals surface area contributed by atoms with Gasteiger partial charge in [-0.05, 0) is 83.5 Å². The van der Waals surface area contributed by atoms with Crippen LogP contribution in [0.4, 0.5) is 0 Å². The number of carboxylic acid groups (broad SMARTS) is 2. The molecule has 0 aromatic heterocycles. The van der Waals surface area contributed by atoms with E-state index in [1.165, 1.54) is 109 Å². The van der Waals surface area contributed by atoms with Crippen LogP contribution in [0.5, 0.6) is 0 Å². The van der Waals surface area contributed by atoms with Crippen LogP contribution < -0.4 is 0 Å². The third kappa shape index (κ3) is 32.4. The quantitative estimate of drug-likeness (QED) is 0.0653. The van der Waals surface area contributed by atoms with Crippen molar-refractivity contribution in [2.75, 3.05) is 0 Å². The van der Waals surface area contributed by atoms with Gasteiger partial charge >= 0.3 is 11.9 Å². The molecule has 0 aromatic rings. The summed E-state index contributed by atoms with van der Waals surface area (Å²) in [5.74, 6) is -1.34. The van der Waals surface area contributed by atoms with Crippen LogP contribution in [0.1, 0.15) is 180 Å². The Balaban J connectivity index is 3.80. The fourth-order valence-electron chi connectivity index (χ4n) is 5.04. The number of carboxylic acids is 2. The summed E-state index contributed by atoms with van der Waals surface area (Å²) in [6, 6.07) is 0. The van der Waals surface area contributed by atoms with E-state index < -0.39 is 11.9 Å². The largest absolute Gasteiger partial charge is 0.481 e. The molecule has 0 aliphatic rings. The highest BCUT2D eigenvalue weighted by atomic mass is 16.4. The molecule has 4 heteroatoms. The Morgan fingerprint density at radius 1 is 0.450 bits per heavy atom. The van der Waals surface area contributed by atoms with E-state index in [-0.39, 0.29) is 0 Å². The molecule has 0 radical (unpaired) electrons. The van der Waals surface area contributed by atoms with Crippen molar-refractivity contribution < 1.29 is 19.8 Å². The molecule has 0 saturated carbocycles. The summed E-state index contributed by atoms with van der Waals surface area (Å²) < 4.78 is 0. The van der Waals surface area contributed by atoms with E-state index in [4.69, 9.17) is 10.2 Å². The summed E-state index contributed by atoms with van der Waals surface area (Å²) in [5.41, 5.74) is 1.63. The molecule has 0 saturated heterocycles. The van der Waals surface area contributed by atoms with Gasteiger partial charge in [-0.15, -0.1) is 0 Å². The summed E-state index contributed by atoms with van der Waals surface area (Å²) >= 11 is 0. The van der Waals surface area contributed by atoms with E-state index in [9.17, 15) is 9.59 Å². The third-order valence-corrected chi connectivity index (χ3v) is 7.60. The highest BCUT2D eigenvalue weighted by Gasteiger charge is 1.99. The summed E-state index contributed by atoms with van der Waals surface area (Å²) in [5, 5.41) is 17.3. The SMILES string of the molecule is CCCCCC=C(CC=CCCCCCCCC(=O)O)CCCCCCCCC=CCCCCCCCC(=O)O. The lowest BCUT2D eigenvalue weighted by molar-refractivity contribution is -0.138.